The lowest BCUT2D eigenvalue weighted by Crippen LogP contribution is -2.11. The van der Waals surface area contributed by atoms with Crippen molar-refractivity contribution in [3.63, 3.8) is 0 Å². The Balaban J connectivity index is 2.36. The summed E-state index contributed by atoms with van der Waals surface area (Å²) in [7, 11) is 1.98. The summed E-state index contributed by atoms with van der Waals surface area (Å²) in [6.07, 6.45) is 1.03. The standard InChI is InChI=1S/C16H18ClNO/c1-3-12-4-8-15(9-5-12)18(2)16-10-14(17)7-6-13(16)11-19/h4-10,19H,3,11H2,1-2H3. The van der Waals surface area contributed by atoms with Crippen LogP contribution in [0.2, 0.25) is 5.02 Å². The Kier molecular flexibility index (Phi) is 4.46. The SMILES string of the molecule is CCc1ccc(N(C)c2cc(Cl)ccc2CO)cc1. The molecule has 0 bridgehead atoms. The van der Waals surface area contributed by atoms with Gasteiger partial charge in [0.2, 0.25) is 0 Å². The van der Waals surface area contributed by atoms with Crippen molar-refractivity contribution >= 4 is 23.0 Å². The van der Waals surface area contributed by atoms with E-state index in [-0.39, 0.29) is 6.61 Å². The van der Waals surface area contributed by atoms with Gasteiger partial charge in [0, 0.05) is 29.0 Å². The van der Waals surface area contributed by atoms with Gasteiger partial charge in [-0.3, -0.25) is 0 Å². The van der Waals surface area contributed by atoms with Crippen LogP contribution in [0, 0.1) is 0 Å². The lowest BCUT2D eigenvalue weighted by atomic mass is 10.1. The molecule has 2 aromatic rings. The van der Waals surface area contributed by atoms with Crippen LogP contribution in [0.4, 0.5) is 11.4 Å². The van der Waals surface area contributed by atoms with E-state index in [4.69, 9.17) is 11.6 Å². The lowest BCUT2D eigenvalue weighted by Gasteiger charge is -2.22. The molecule has 0 radical (unpaired) electrons. The summed E-state index contributed by atoms with van der Waals surface area (Å²) in [5.41, 5.74) is 4.19. The molecule has 100 valence electrons. The summed E-state index contributed by atoms with van der Waals surface area (Å²) in [5, 5.41) is 10.1. The predicted molar refractivity (Wildman–Crippen MR) is 81.3 cm³/mol. The molecule has 3 heteroatoms. The van der Waals surface area contributed by atoms with E-state index in [9.17, 15) is 5.11 Å². The average Bonchev–Trinajstić information content (AvgIpc) is 2.46. The third-order valence-corrected chi connectivity index (χ3v) is 3.55. The third-order valence-electron chi connectivity index (χ3n) is 3.31. The fourth-order valence-corrected chi connectivity index (χ4v) is 2.24. The monoisotopic (exact) mass is 275 g/mol. The molecule has 0 aliphatic carbocycles. The number of halogens is 1. The molecule has 0 aromatic heterocycles. The fraction of sp³-hybridized carbons (Fsp3) is 0.250. The Bertz CT molecular complexity index is 551. The first-order valence-corrected chi connectivity index (χ1v) is 6.75. The van der Waals surface area contributed by atoms with E-state index in [1.54, 1.807) is 6.07 Å². The van der Waals surface area contributed by atoms with Crippen LogP contribution in [0.5, 0.6) is 0 Å². The molecule has 0 atom stereocenters. The first-order valence-electron chi connectivity index (χ1n) is 6.37. The number of aliphatic hydroxyl groups is 1. The highest BCUT2D eigenvalue weighted by Gasteiger charge is 2.09. The van der Waals surface area contributed by atoms with Gasteiger partial charge in [0.15, 0.2) is 0 Å². The molecule has 2 nitrogen and oxygen atoms in total. The van der Waals surface area contributed by atoms with E-state index in [2.05, 4.69) is 31.2 Å². The molecule has 0 aliphatic heterocycles. The molecule has 0 saturated carbocycles. The van der Waals surface area contributed by atoms with Crippen LogP contribution in [0.1, 0.15) is 18.1 Å². The largest absolute Gasteiger partial charge is 0.392 e. The van der Waals surface area contributed by atoms with Gasteiger partial charge in [-0.15, -0.1) is 0 Å². The van der Waals surface area contributed by atoms with E-state index < -0.39 is 0 Å². The highest BCUT2D eigenvalue weighted by Crippen LogP contribution is 2.30. The molecule has 2 aromatic carbocycles. The highest BCUT2D eigenvalue weighted by molar-refractivity contribution is 6.30. The second kappa shape index (κ2) is 6.09. The van der Waals surface area contributed by atoms with Crippen molar-refractivity contribution in [1.29, 1.82) is 0 Å². The lowest BCUT2D eigenvalue weighted by molar-refractivity contribution is 0.282. The van der Waals surface area contributed by atoms with Crippen molar-refractivity contribution in [3.05, 3.63) is 58.6 Å². The highest BCUT2D eigenvalue weighted by atomic mass is 35.5. The zero-order valence-electron chi connectivity index (χ0n) is 11.2. The minimum Gasteiger partial charge on any atom is -0.392 e. The van der Waals surface area contributed by atoms with E-state index in [1.165, 1.54) is 5.56 Å². The third kappa shape index (κ3) is 3.09. The first-order chi connectivity index (χ1) is 9.15. The molecule has 19 heavy (non-hydrogen) atoms. The molecule has 1 N–H and O–H groups in total. The normalized spacial score (nSPS) is 10.5. The zero-order valence-corrected chi connectivity index (χ0v) is 12.0. The number of hydrogen-bond acceptors (Lipinski definition) is 2. The Morgan fingerprint density at radius 3 is 2.37 bits per heavy atom. The summed E-state index contributed by atoms with van der Waals surface area (Å²) in [6.45, 7) is 2.14. The summed E-state index contributed by atoms with van der Waals surface area (Å²) in [4.78, 5) is 2.04. The molecule has 0 amide bonds. The minimum atomic E-state index is 0.00385. The molecule has 0 spiro atoms. The number of aryl methyl sites for hydroxylation is 1. The van der Waals surface area contributed by atoms with Gasteiger partial charge >= 0.3 is 0 Å². The zero-order chi connectivity index (χ0) is 13.8. The number of anilines is 2. The molecule has 0 heterocycles. The van der Waals surface area contributed by atoms with E-state index in [1.807, 2.05) is 24.1 Å². The van der Waals surface area contributed by atoms with Gasteiger partial charge in [-0.1, -0.05) is 36.7 Å². The van der Waals surface area contributed by atoms with E-state index in [0.717, 1.165) is 23.4 Å². The molecule has 0 saturated heterocycles. The molecule has 0 aliphatic rings. The maximum atomic E-state index is 9.42. The summed E-state index contributed by atoms with van der Waals surface area (Å²) < 4.78 is 0. The van der Waals surface area contributed by atoms with Crippen molar-refractivity contribution in [2.24, 2.45) is 0 Å². The van der Waals surface area contributed by atoms with Gasteiger partial charge < -0.3 is 10.0 Å². The van der Waals surface area contributed by atoms with E-state index in [0.29, 0.717) is 5.02 Å². The molecular formula is C16H18ClNO. The van der Waals surface area contributed by atoms with E-state index >= 15 is 0 Å². The number of hydrogen-bond donors (Lipinski definition) is 1. The minimum absolute atomic E-state index is 0.00385. The van der Waals surface area contributed by atoms with Crippen molar-refractivity contribution < 1.29 is 5.11 Å². The van der Waals surface area contributed by atoms with Gasteiger partial charge in [-0.2, -0.15) is 0 Å². The van der Waals surface area contributed by atoms with Gasteiger partial charge in [0.1, 0.15) is 0 Å². The Hall–Kier alpha value is -1.51. The smallest absolute Gasteiger partial charge is 0.0702 e. The van der Waals surface area contributed by atoms with Crippen LogP contribution < -0.4 is 4.90 Å². The molecular weight excluding hydrogens is 258 g/mol. The quantitative estimate of drug-likeness (QED) is 0.906. The van der Waals surface area contributed by atoms with Crippen LogP contribution in [-0.4, -0.2) is 12.2 Å². The Labute approximate surface area is 119 Å². The summed E-state index contributed by atoms with van der Waals surface area (Å²) in [5.74, 6) is 0. The predicted octanol–water partition coefficient (Wildman–Crippen LogP) is 4.16. The summed E-state index contributed by atoms with van der Waals surface area (Å²) in [6, 6.07) is 13.9. The van der Waals surface area contributed by atoms with Gasteiger partial charge in [0.05, 0.1) is 6.61 Å². The number of benzene rings is 2. The van der Waals surface area contributed by atoms with Crippen molar-refractivity contribution in [3.8, 4) is 0 Å². The second-order valence-electron chi connectivity index (χ2n) is 4.51. The summed E-state index contributed by atoms with van der Waals surface area (Å²) >= 11 is 6.04. The van der Waals surface area contributed by atoms with Gasteiger partial charge in [0.25, 0.3) is 0 Å². The Morgan fingerprint density at radius 1 is 1.11 bits per heavy atom. The first kappa shape index (κ1) is 13.9. The number of rotatable bonds is 4. The van der Waals surface area contributed by atoms with Crippen molar-refractivity contribution in [2.45, 2.75) is 20.0 Å². The maximum absolute atomic E-state index is 9.42. The van der Waals surface area contributed by atoms with Crippen LogP contribution in [0.15, 0.2) is 42.5 Å². The number of aliphatic hydroxyl groups excluding tert-OH is 1. The van der Waals surface area contributed by atoms with Crippen LogP contribution in [-0.2, 0) is 13.0 Å². The molecule has 0 fully saturated rings. The van der Waals surface area contributed by atoms with Gasteiger partial charge in [-0.25, -0.2) is 0 Å². The molecule has 2 rings (SSSR count). The van der Waals surface area contributed by atoms with Crippen molar-refractivity contribution in [2.75, 3.05) is 11.9 Å². The van der Waals surface area contributed by atoms with Crippen LogP contribution in [0.3, 0.4) is 0 Å². The Morgan fingerprint density at radius 2 is 1.79 bits per heavy atom. The van der Waals surface area contributed by atoms with Gasteiger partial charge in [-0.05, 0) is 36.2 Å². The topological polar surface area (TPSA) is 23.5 Å². The van der Waals surface area contributed by atoms with Crippen molar-refractivity contribution in [1.82, 2.24) is 0 Å². The van der Waals surface area contributed by atoms with Crippen LogP contribution in [0.25, 0.3) is 0 Å². The molecule has 0 unspecified atom stereocenters. The maximum Gasteiger partial charge on any atom is 0.0702 e. The average molecular weight is 276 g/mol. The van der Waals surface area contributed by atoms with Crippen LogP contribution >= 0.6 is 11.6 Å². The second-order valence-corrected chi connectivity index (χ2v) is 4.95. The number of nitrogens with zero attached hydrogens (tertiary/aromatic N) is 1. The fourth-order valence-electron chi connectivity index (χ4n) is 2.08.